The molecule has 0 bridgehead atoms. The monoisotopic (exact) mass is 445 g/mol. The van der Waals surface area contributed by atoms with E-state index in [0.29, 0.717) is 15.7 Å². The molecule has 102 valence electrons. The van der Waals surface area contributed by atoms with E-state index in [1.165, 1.54) is 6.07 Å². The maximum atomic E-state index is 12.1. The molecular weight excluding hydrogens is 437 g/mol. The van der Waals surface area contributed by atoms with Crippen LogP contribution in [0.25, 0.3) is 0 Å². The number of halogens is 2. The summed E-state index contributed by atoms with van der Waals surface area (Å²) in [6.07, 6.45) is 0. The van der Waals surface area contributed by atoms with Gasteiger partial charge < -0.3 is 10.4 Å². The number of carbonyl (C=O) groups is 2. The molecular formula is C14H9BrINO3. The summed E-state index contributed by atoms with van der Waals surface area (Å²) in [6, 6.07) is 11.8. The molecule has 2 aromatic carbocycles. The molecule has 0 radical (unpaired) electrons. The molecule has 0 aromatic heterocycles. The number of benzene rings is 2. The first-order valence-corrected chi connectivity index (χ1v) is 7.45. The second kappa shape index (κ2) is 6.36. The van der Waals surface area contributed by atoms with Crippen molar-refractivity contribution in [3.05, 3.63) is 61.6 Å². The predicted molar refractivity (Wildman–Crippen MR) is 88.2 cm³/mol. The van der Waals surface area contributed by atoms with Gasteiger partial charge in [-0.3, -0.25) is 4.79 Å². The average Bonchev–Trinajstić information content (AvgIpc) is 2.41. The smallest absolute Gasteiger partial charge is 0.336 e. The first kappa shape index (κ1) is 15.0. The fourth-order valence-corrected chi connectivity index (χ4v) is 2.66. The van der Waals surface area contributed by atoms with Gasteiger partial charge >= 0.3 is 5.97 Å². The van der Waals surface area contributed by atoms with Gasteiger partial charge in [0.15, 0.2) is 0 Å². The Hall–Kier alpha value is -1.41. The maximum absolute atomic E-state index is 12.1. The summed E-state index contributed by atoms with van der Waals surface area (Å²) >= 11 is 5.24. The van der Waals surface area contributed by atoms with Crippen LogP contribution in [0.5, 0.6) is 0 Å². The van der Waals surface area contributed by atoms with E-state index in [4.69, 9.17) is 5.11 Å². The lowest BCUT2D eigenvalue weighted by molar-refractivity contribution is 0.0695. The molecule has 1 amide bonds. The molecule has 0 saturated carbocycles. The van der Waals surface area contributed by atoms with E-state index in [9.17, 15) is 9.59 Å². The summed E-state index contributed by atoms with van der Waals surface area (Å²) in [7, 11) is 0. The molecule has 4 nitrogen and oxygen atoms in total. The Kier molecular flexibility index (Phi) is 4.77. The Morgan fingerprint density at radius 3 is 2.45 bits per heavy atom. The molecule has 0 saturated heterocycles. The zero-order valence-corrected chi connectivity index (χ0v) is 13.8. The summed E-state index contributed by atoms with van der Waals surface area (Å²) in [6.45, 7) is 0. The van der Waals surface area contributed by atoms with E-state index in [-0.39, 0.29) is 11.5 Å². The Bertz CT molecular complexity index is 688. The van der Waals surface area contributed by atoms with Crippen molar-refractivity contribution in [2.75, 3.05) is 5.32 Å². The number of carboxylic acid groups (broad SMARTS) is 1. The van der Waals surface area contributed by atoms with E-state index in [0.717, 1.165) is 3.57 Å². The van der Waals surface area contributed by atoms with Crippen LogP contribution >= 0.6 is 38.5 Å². The Morgan fingerprint density at radius 2 is 1.80 bits per heavy atom. The lowest BCUT2D eigenvalue weighted by atomic mass is 10.2. The van der Waals surface area contributed by atoms with Gasteiger partial charge in [0.1, 0.15) is 0 Å². The van der Waals surface area contributed by atoms with Crippen molar-refractivity contribution in [2.24, 2.45) is 0 Å². The van der Waals surface area contributed by atoms with Crippen molar-refractivity contribution in [1.82, 2.24) is 0 Å². The minimum Gasteiger partial charge on any atom is -0.478 e. The molecule has 0 aliphatic rings. The first-order chi connectivity index (χ1) is 9.49. The molecule has 0 aliphatic heterocycles. The van der Waals surface area contributed by atoms with E-state index in [1.54, 1.807) is 24.3 Å². The van der Waals surface area contributed by atoms with Gasteiger partial charge in [0.2, 0.25) is 0 Å². The predicted octanol–water partition coefficient (Wildman–Crippen LogP) is 4.00. The highest BCUT2D eigenvalue weighted by Gasteiger charge is 2.12. The van der Waals surface area contributed by atoms with Crippen molar-refractivity contribution in [2.45, 2.75) is 0 Å². The molecule has 2 N–H and O–H groups in total. The van der Waals surface area contributed by atoms with Crippen molar-refractivity contribution in [1.29, 1.82) is 0 Å². The molecule has 0 fully saturated rings. The van der Waals surface area contributed by atoms with Gasteiger partial charge in [-0.05, 0) is 68.9 Å². The number of amides is 1. The fraction of sp³-hybridized carbons (Fsp3) is 0. The van der Waals surface area contributed by atoms with Crippen molar-refractivity contribution < 1.29 is 14.7 Å². The standard InChI is InChI=1S/C14H9BrINO3/c15-11-6-5-8(7-10(11)14(19)20)17-13(18)9-3-1-2-4-12(9)16/h1-7H,(H,17,18)(H,19,20). The zero-order chi connectivity index (χ0) is 14.7. The number of hydrogen-bond donors (Lipinski definition) is 2. The molecule has 0 aliphatic carbocycles. The van der Waals surface area contributed by atoms with E-state index >= 15 is 0 Å². The third-order valence-corrected chi connectivity index (χ3v) is 4.21. The summed E-state index contributed by atoms with van der Waals surface area (Å²) in [5.41, 5.74) is 1.09. The van der Waals surface area contributed by atoms with E-state index in [1.807, 2.05) is 12.1 Å². The number of carboxylic acids is 1. The number of carbonyl (C=O) groups excluding carboxylic acids is 1. The highest BCUT2D eigenvalue weighted by molar-refractivity contribution is 14.1. The highest BCUT2D eigenvalue weighted by atomic mass is 127. The molecule has 0 unspecified atom stereocenters. The van der Waals surface area contributed by atoms with Crippen LogP contribution < -0.4 is 5.32 Å². The number of nitrogens with one attached hydrogen (secondary N) is 1. The molecule has 2 rings (SSSR count). The summed E-state index contributed by atoms with van der Waals surface area (Å²) in [5.74, 6) is -1.32. The topological polar surface area (TPSA) is 66.4 Å². The third-order valence-electron chi connectivity index (χ3n) is 2.57. The maximum Gasteiger partial charge on any atom is 0.336 e. The largest absolute Gasteiger partial charge is 0.478 e. The van der Waals surface area contributed by atoms with E-state index in [2.05, 4.69) is 43.8 Å². The van der Waals surface area contributed by atoms with Gasteiger partial charge in [-0.25, -0.2) is 4.79 Å². The van der Waals surface area contributed by atoms with Gasteiger partial charge in [-0.1, -0.05) is 12.1 Å². The summed E-state index contributed by atoms with van der Waals surface area (Å²) < 4.78 is 1.30. The summed E-state index contributed by atoms with van der Waals surface area (Å²) in [5, 5.41) is 11.7. The van der Waals surface area contributed by atoms with Crippen molar-refractivity contribution >= 4 is 56.1 Å². The zero-order valence-electron chi connectivity index (χ0n) is 10.1. The SMILES string of the molecule is O=C(O)c1cc(NC(=O)c2ccccc2I)ccc1Br. The summed E-state index contributed by atoms with van der Waals surface area (Å²) in [4.78, 5) is 23.2. The minimum atomic E-state index is -1.05. The van der Waals surface area contributed by atoms with Crippen LogP contribution in [0, 0.1) is 3.57 Å². The average molecular weight is 446 g/mol. The van der Waals surface area contributed by atoms with Crippen LogP contribution in [0.2, 0.25) is 0 Å². The molecule has 0 heterocycles. The van der Waals surface area contributed by atoms with Gasteiger partial charge in [-0.2, -0.15) is 0 Å². The van der Waals surface area contributed by atoms with Crippen LogP contribution in [-0.4, -0.2) is 17.0 Å². The van der Waals surface area contributed by atoms with Gasteiger partial charge in [0.05, 0.1) is 11.1 Å². The van der Waals surface area contributed by atoms with Gasteiger partial charge in [0, 0.05) is 13.7 Å². The van der Waals surface area contributed by atoms with Crippen molar-refractivity contribution in [3.8, 4) is 0 Å². The second-order valence-electron chi connectivity index (χ2n) is 3.93. The molecule has 20 heavy (non-hydrogen) atoms. The number of rotatable bonds is 3. The second-order valence-corrected chi connectivity index (χ2v) is 5.95. The van der Waals surface area contributed by atoms with E-state index < -0.39 is 5.97 Å². The van der Waals surface area contributed by atoms with Gasteiger partial charge in [-0.15, -0.1) is 0 Å². The number of anilines is 1. The van der Waals surface area contributed by atoms with Crippen molar-refractivity contribution in [3.63, 3.8) is 0 Å². The number of aromatic carboxylic acids is 1. The Morgan fingerprint density at radius 1 is 1.10 bits per heavy atom. The van der Waals surface area contributed by atoms with Crippen LogP contribution in [0.15, 0.2) is 46.9 Å². The highest BCUT2D eigenvalue weighted by Crippen LogP contribution is 2.22. The lowest BCUT2D eigenvalue weighted by Gasteiger charge is -2.08. The molecule has 6 heteroatoms. The lowest BCUT2D eigenvalue weighted by Crippen LogP contribution is -2.13. The van der Waals surface area contributed by atoms with Crippen LogP contribution in [0.1, 0.15) is 20.7 Å². The molecule has 0 spiro atoms. The van der Waals surface area contributed by atoms with Crippen LogP contribution in [0.3, 0.4) is 0 Å². The Balaban J connectivity index is 2.27. The Labute approximate surface area is 137 Å². The fourth-order valence-electron chi connectivity index (χ4n) is 1.61. The van der Waals surface area contributed by atoms with Crippen LogP contribution in [0.4, 0.5) is 5.69 Å². The van der Waals surface area contributed by atoms with Crippen LogP contribution in [-0.2, 0) is 0 Å². The third kappa shape index (κ3) is 3.37. The van der Waals surface area contributed by atoms with Gasteiger partial charge in [0.25, 0.3) is 5.91 Å². The normalized spacial score (nSPS) is 10.1. The minimum absolute atomic E-state index is 0.102. The number of hydrogen-bond acceptors (Lipinski definition) is 2. The molecule has 0 atom stereocenters. The first-order valence-electron chi connectivity index (χ1n) is 5.58. The molecule has 2 aromatic rings. The quantitative estimate of drug-likeness (QED) is 0.701.